The standard InChI is InChI=1S/C15H26N4O2/c1-4-8-18-9-6-12(7-10-18)19-11(3)17-13(14(19)16)15(20)21-5-2/h12H,4-10,16H2,1-3H3. The van der Waals surface area contributed by atoms with Crippen molar-refractivity contribution >= 4 is 11.8 Å². The van der Waals surface area contributed by atoms with Gasteiger partial charge in [-0.1, -0.05) is 6.92 Å². The number of hydrogen-bond donors (Lipinski definition) is 1. The fraction of sp³-hybridized carbons (Fsp3) is 0.733. The number of likely N-dealkylation sites (tertiary alicyclic amines) is 1. The summed E-state index contributed by atoms with van der Waals surface area (Å²) in [5, 5.41) is 0. The fourth-order valence-electron chi connectivity index (χ4n) is 3.09. The summed E-state index contributed by atoms with van der Waals surface area (Å²) in [6, 6.07) is 0.328. The maximum Gasteiger partial charge on any atom is 0.360 e. The largest absolute Gasteiger partial charge is 0.461 e. The predicted molar refractivity (Wildman–Crippen MR) is 82.3 cm³/mol. The molecule has 0 spiro atoms. The highest BCUT2D eigenvalue weighted by atomic mass is 16.5. The monoisotopic (exact) mass is 294 g/mol. The zero-order valence-corrected chi connectivity index (χ0v) is 13.3. The van der Waals surface area contributed by atoms with Crippen molar-refractivity contribution < 1.29 is 9.53 Å². The molecule has 1 aromatic heterocycles. The van der Waals surface area contributed by atoms with E-state index in [2.05, 4.69) is 16.8 Å². The molecule has 1 aromatic rings. The van der Waals surface area contributed by atoms with Gasteiger partial charge in [-0.2, -0.15) is 0 Å². The maximum atomic E-state index is 11.9. The van der Waals surface area contributed by atoms with Crippen LogP contribution in [0, 0.1) is 6.92 Å². The molecule has 118 valence electrons. The highest BCUT2D eigenvalue weighted by Crippen LogP contribution is 2.28. The molecule has 21 heavy (non-hydrogen) atoms. The molecule has 0 aromatic carbocycles. The second kappa shape index (κ2) is 6.93. The molecule has 0 amide bonds. The number of anilines is 1. The third kappa shape index (κ3) is 3.37. The number of ether oxygens (including phenoxy) is 1. The van der Waals surface area contributed by atoms with Gasteiger partial charge in [0.05, 0.1) is 6.61 Å². The van der Waals surface area contributed by atoms with Crippen LogP contribution in [-0.4, -0.2) is 46.7 Å². The fourth-order valence-corrected chi connectivity index (χ4v) is 3.09. The number of aryl methyl sites for hydroxylation is 1. The average molecular weight is 294 g/mol. The second-order valence-electron chi connectivity index (χ2n) is 5.56. The van der Waals surface area contributed by atoms with Crippen molar-refractivity contribution in [3.8, 4) is 0 Å². The molecule has 0 aliphatic carbocycles. The van der Waals surface area contributed by atoms with Crippen LogP contribution in [0.2, 0.25) is 0 Å². The maximum absolute atomic E-state index is 11.9. The number of aromatic nitrogens is 2. The van der Waals surface area contributed by atoms with E-state index >= 15 is 0 Å². The quantitative estimate of drug-likeness (QED) is 0.841. The topological polar surface area (TPSA) is 73.4 Å². The number of esters is 1. The van der Waals surface area contributed by atoms with E-state index in [4.69, 9.17) is 10.5 Å². The first-order chi connectivity index (χ1) is 10.1. The molecule has 0 atom stereocenters. The number of imidazole rings is 1. The Morgan fingerprint density at radius 1 is 1.38 bits per heavy atom. The van der Waals surface area contributed by atoms with E-state index < -0.39 is 5.97 Å². The molecule has 1 aliphatic heterocycles. The summed E-state index contributed by atoms with van der Waals surface area (Å²) in [6.45, 7) is 9.52. The van der Waals surface area contributed by atoms with Gasteiger partial charge in [0.25, 0.3) is 0 Å². The van der Waals surface area contributed by atoms with E-state index in [1.807, 2.05) is 11.5 Å². The summed E-state index contributed by atoms with van der Waals surface area (Å²) >= 11 is 0. The lowest BCUT2D eigenvalue weighted by atomic mass is 10.0. The van der Waals surface area contributed by atoms with Crippen LogP contribution in [0.25, 0.3) is 0 Å². The van der Waals surface area contributed by atoms with E-state index in [1.165, 1.54) is 6.42 Å². The zero-order valence-electron chi connectivity index (χ0n) is 13.3. The lowest BCUT2D eigenvalue weighted by Gasteiger charge is -2.33. The Morgan fingerprint density at radius 2 is 2.05 bits per heavy atom. The summed E-state index contributed by atoms with van der Waals surface area (Å²) in [7, 11) is 0. The Hall–Kier alpha value is -1.56. The summed E-state index contributed by atoms with van der Waals surface area (Å²) < 4.78 is 7.02. The van der Waals surface area contributed by atoms with Crippen molar-refractivity contribution in [2.24, 2.45) is 0 Å². The summed E-state index contributed by atoms with van der Waals surface area (Å²) in [4.78, 5) is 18.7. The third-order valence-corrected chi connectivity index (χ3v) is 4.06. The van der Waals surface area contributed by atoms with Crippen LogP contribution in [0.4, 0.5) is 5.82 Å². The normalized spacial score (nSPS) is 17.1. The van der Waals surface area contributed by atoms with Gasteiger partial charge in [0.1, 0.15) is 11.6 Å². The molecule has 0 bridgehead atoms. The molecule has 6 heteroatoms. The van der Waals surface area contributed by atoms with Crippen LogP contribution in [0.15, 0.2) is 0 Å². The minimum absolute atomic E-state index is 0.255. The predicted octanol–water partition coefficient (Wildman–Crippen LogP) is 2.00. The van der Waals surface area contributed by atoms with E-state index in [1.54, 1.807) is 6.92 Å². The van der Waals surface area contributed by atoms with Gasteiger partial charge in [-0.3, -0.25) is 0 Å². The first-order valence-corrected chi connectivity index (χ1v) is 7.82. The molecule has 1 aliphatic rings. The van der Waals surface area contributed by atoms with Crippen molar-refractivity contribution in [2.75, 3.05) is 32.0 Å². The number of piperidine rings is 1. The van der Waals surface area contributed by atoms with Gasteiger partial charge in [-0.05, 0) is 39.7 Å². The van der Waals surface area contributed by atoms with Crippen molar-refractivity contribution in [1.29, 1.82) is 0 Å². The van der Waals surface area contributed by atoms with Crippen LogP contribution >= 0.6 is 0 Å². The number of hydrogen-bond acceptors (Lipinski definition) is 5. The van der Waals surface area contributed by atoms with Gasteiger partial charge in [-0.25, -0.2) is 9.78 Å². The zero-order chi connectivity index (χ0) is 15.4. The van der Waals surface area contributed by atoms with Crippen LogP contribution in [0.1, 0.15) is 55.5 Å². The Bertz CT molecular complexity index is 490. The number of rotatable bonds is 5. The molecular formula is C15H26N4O2. The first kappa shape index (κ1) is 15.8. The van der Waals surface area contributed by atoms with Crippen molar-refractivity contribution in [3.63, 3.8) is 0 Å². The summed E-state index contributed by atoms with van der Waals surface area (Å²) in [5.41, 5.74) is 6.40. The summed E-state index contributed by atoms with van der Waals surface area (Å²) in [5.74, 6) is 0.810. The number of nitrogen functional groups attached to an aromatic ring is 1. The molecule has 0 unspecified atom stereocenters. The van der Waals surface area contributed by atoms with Crippen LogP contribution in [0.3, 0.4) is 0 Å². The van der Waals surface area contributed by atoms with E-state index in [9.17, 15) is 4.79 Å². The molecule has 1 saturated heterocycles. The molecule has 2 heterocycles. The van der Waals surface area contributed by atoms with Gasteiger partial charge < -0.3 is 19.9 Å². The number of nitrogens with zero attached hydrogens (tertiary/aromatic N) is 3. The molecule has 0 radical (unpaired) electrons. The van der Waals surface area contributed by atoms with Crippen molar-refractivity contribution in [1.82, 2.24) is 14.5 Å². The van der Waals surface area contributed by atoms with Crippen molar-refractivity contribution in [2.45, 2.75) is 46.1 Å². The molecular weight excluding hydrogens is 268 g/mol. The van der Waals surface area contributed by atoms with E-state index in [0.717, 1.165) is 38.3 Å². The third-order valence-electron chi connectivity index (χ3n) is 4.06. The van der Waals surface area contributed by atoms with Gasteiger partial charge in [0, 0.05) is 19.1 Å². The lowest BCUT2D eigenvalue weighted by molar-refractivity contribution is 0.0521. The Kier molecular flexibility index (Phi) is 5.22. The van der Waals surface area contributed by atoms with Crippen LogP contribution < -0.4 is 5.73 Å². The minimum Gasteiger partial charge on any atom is -0.461 e. The van der Waals surface area contributed by atoms with Gasteiger partial charge in [0.15, 0.2) is 5.69 Å². The van der Waals surface area contributed by atoms with E-state index in [0.29, 0.717) is 18.5 Å². The van der Waals surface area contributed by atoms with Crippen LogP contribution in [-0.2, 0) is 4.74 Å². The van der Waals surface area contributed by atoms with Crippen LogP contribution in [0.5, 0.6) is 0 Å². The Labute approximate surface area is 126 Å². The van der Waals surface area contributed by atoms with E-state index in [-0.39, 0.29) is 5.69 Å². The number of carbonyl (C=O) groups excluding carboxylic acids is 1. The smallest absolute Gasteiger partial charge is 0.360 e. The number of nitrogens with two attached hydrogens (primary N) is 1. The molecule has 6 nitrogen and oxygen atoms in total. The minimum atomic E-state index is -0.430. The lowest BCUT2D eigenvalue weighted by Crippen LogP contribution is -2.35. The van der Waals surface area contributed by atoms with Gasteiger partial charge in [-0.15, -0.1) is 0 Å². The highest BCUT2D eigenvalue weighted by Gasteiger charge is 2.27. The Balaban J connectivity index is 2.12. The van der Waals surface area contributed by atoms with Gasteiger partial charge in [0.2, 0.25) is 0 Å². The average Bonchev–Trinajstić information content (AvgIpc) is 2.76. The SMILES string of the molecule is CCCN1CCC(n2c(C)nc(C(=O)OCC)c2N)CC1. The first-order valence-electron chi connectivity index (χ1n) is 7.82. The molecule has 1 fully saturated rings. The highest BCUT2D eigenvalue weighted by molar-refractivity contribution is 5.92. The number of carbonyl (C=O) groups is 1. The van der Waals surface area contributed by atoms with Gasteiger partial charge >= 0.3 is 5.97 Å². The Morgan fingerprint density at radius 3 is 2.62 bits per heavy atom. The molecule has 0 saturated carbocycles. The molecule has 2 rings (SSSR count). The molecule has 2 N–H and O–H groups in total. The summed E-state index contributed by atoms with van der Waals surface area (Å²) in [6.07, 6.45) is 3.28. The second-order valence-corrected chi connectivity index (χ2v) is 5.56. The van der Waals surface area contributed by atoms with Crippen molar-refractivity contribution in [3.05, 3.63) is 11.5 Å².